The van der Waals surface area contributed by atoms with Gasteiger partial charge in [-0.25, -0.2) is 4.39 Å². The molecule has 0 saturated carbocycles. The molecule has 41 heavy (non-hydrogen) atoms. The Bertz CT molecular complexity index is 1730. The van der Waals surface area contributed by atoms with Crippen LogP contribution in [0.15, 0.2) is 60.8 Å². The number of carbonyl (C=O) groups excluding carboxylic acids is 2. The number of benzene rings is 2. The number of anilines is 1. The number of halogens is 2. The molecule has 2 aromatic heterocycles. The smallest absolute Gasteiger partial charge is 0.261 e. The first-order chi connectivity index (χ1) is 19.6. The van der Waals surface area contributed by atoms with Gasteiger partial charge >= 0.3 is 0 Å². The molecule has 0 aliphatic carbocycles. The summed E-state index contributed by atoms with van der Waals surface area (Å²) in [4.78, 5) is 31.9. The molecule has 0 spiro atoms. The Labute approximate surface area is 241 Å². The SMILES string of the molecule is COc1cnc(C(C)C(N)=O)cc1-c1cc2c(n1C(C)C)C(c1ccc(C#N)cc1)N(c1cccc(Cl)c1F)C2=O. The largest absolute Gasteiger partial charge is 0.494 e. The first-order valence-electron chi connectivity index (χ1n) is 12.9. The van der Waals surface area contributed by atoms with Crippen LogP contribution in [0.5, 0.6) is 5.75 Å². The summed E-state index contributed by atoms with van der Waals surface area (Å²) in [7, 11) is 1.52. The first-order valence-corrected chi connectivity index (χ1v) is 13.3. The zero-order chi connectivity index (χ0) is 29.6. The number of nitrogens with two attached hydrogens (primary N) is 1. The average Bonchev–Trinajstić information content (AvgIpc) is 3.48. The van der Waals surface area contributed by atoms with Gasteiger partial charge in [-0.1, -0.05) is 29.8 Å². The van der Waals surface area contributed by atoms with Crippen molar-refractivity contribution < 1.29 is 18.7 Å². The molecule has 0 radical (unpaired) electrons. The summed E-state index contributed by atoms with van der Waals surface area (Å²) in [5, 5.41) is 9.25. The van der Waals surface area contributed by atoms with E-state index in [1.165, 1.54) is 30.3 Å². The van der Waals surface area contributed by atoms with Crippen molar-refractivity contribution in [2.45, 2.75) is 38.8 Å². The molecule has 10 heteroatoms. The maximum atomic E-state index is 15.4. The third-order valence-corrected chi connectivity index (χ3v) is 7.65. The van der Waals surface area contributed by atoms with E-state index in [0.29, 0.717) is 45.1 Å². The molecule has 0 bridgehead atoms. The van der Waals surface area contributed by atoms with Gasteiger partial charge in [-0.3, -0.25) is 19.5 Å². The minimum Gasteiger partial charge on any atom is -0.494 e. The Kier molecular flexibility index (Phi) is 7.28. The molecule has 208 valence electrons. The second kappa shape index (κ2) is 10.7. The van der Waals surface area contributed by atoms with E-state index in [2.05, 4.69) is 11.1 Å². The molecule has 4 aromatic rings. The van der Waals surface area contributed by atoms with Crippen molar-refractivity contribution in [2.24, 2.45) is 5.73 Å². The molecule has 2 unspecified atom stereocenters. The van der Waals surface area contributed by atoms with Crippen LogP contribution in [-0.4, -0.2) is 28.5 Å². The van der Waals surface area contributed by atoms with Gasteiger partial charge in [0.2, 0.25) is 5.91 Å². The Morgan fingerprint density at radius 2 is 1.85 bits per heavy atom. The van der Waals surface area contributed by atoms with Crippen molar-refractivity contribution in [3.05, 3.63) is 99.7 Å². The molecule has 0 fully saturated rings. The van der Waals surface area contributed by atoms with E-state index in [-0.39, 0.29) is 16.8 Å². The number of fused-ring (bicyclic) bond motifs is 1. The van der Waals surface area contributed by atoms with Crippen LogP contribution in [0.25, 0.3) is 11.3 Å². The maximum absolute atomic E-state index is 15.4. The lowest BCUT2D eigenvalue weighted by atomic mass is 10.0. The first kappa shape index (κ1) is 27.9. The zero-order valence-corrected chi connectivity index (χ0v) is 23.6. The van der Waals surface area contributed by atoms with Crippen LogP contribution in [0.4, 0.5) is 10.1 Å². The second-order valence-electron chi connectivity index (χ2n) is 10.1. The number of pyridine rings is 1. The van der Waals surface area contributed by atoms with E-state index in [4.69, 9.17) is 22.1 Å². The van der Waals surface area contributed by atoms with Gasteiger partial charge in [0.05, 0.1) is 64.2 Å². The highest BCUT2D eigenvalue weighted by atomic mass is 35.5. The summed E-state index contributed by atoms with van der Waals surface area (Å²) in [6, 6.07) is 16.1. The second-order valence-corrected chi connectivity index (χ2v) is 10.5. The van der Waals surface area contributed by atoms with Gasteiger partial charge in [0, 0.05) is 11.6 Å². The van der Waals surface area contributed by atoms with Gasteiger partial charge in [0.1, 0.15) is 11.8 Å². The van der Waals surface area contributed by atoms with Gasteiger partial charge in [0.25, 0.3) is 5.91 Å². The van der Waals surface area contributed by atoms with E-state index in [9.17, 15) is 14.9 Å². The normalized spacial score (nSPS) is 15.1. The summed E-state index contributed by atoms with van der Waals surface area (Å²) in [5.41, 5.74) is 9.52. The Balaban J connectivity index is 1.80. The summed E-state index contributed by atoms with van der Waals surface area (Å²) < 4.78 is 23.1. The summed E-state index contributed by atoms with van der Waals surface area (Å²) in [5.74, 6) is -1.84. The quantitative estimate of drug-likeness (QED) is 0.286. The van der Waals surface area contributed by atoms with E-state index in [1.807, 2.05) is 18.4 Å². The topological polar surface area (TPSA) is 114 Å². The highest BCUT2D eigenvalue weighted by Gasteiger charge is 2.44. The van der Waals surface area contributed by atoms with Crippen LogP contribution in [0.1, 0.15) is 71.6 Å². The van der Waals surface area contributed by atoms with Crippen LogP contribution in [-0.2, 0) is 4.79 Å². The molecular weight excluding hydrogens is 545 g/mol. The van der Waals surface area contributed by atoms with E-state index >= 15 is 4.39 Å². The lowest BCUT2D eigenvalue weighted by Crippen LogP contribution is -2.30. The average molecular weight is 572 g/mol. The number of carbonyl (C=O) groups is 2. The zero-order valence-electron chi connectivity index (χ0n) is 22.9. The molecule has 8 nitrogen and oxygen atoms in total. The van der Waals surface area contributed by atoms with Gasteiger partial charge in [-0.05, 0) is 62.7 Å². The van der Waals surface area contributed by atoms with Gasteiger partial charge < -0.3 is 15.0 Å². The number of ether oxygens (including phenoxy) is 1. The molecule has 2 atom stereocenters. The summed E-state index contributed by atoms with van der Waals surface area (Å²) in [6.07, 6.45) is 1.53. The van der Waals surface area contributed by atoms with Crippen molar-refractivity contribution >= 4 is 29.1 Å². The molecular formula is C31H27ClFN5O3. The predicted octanol–water partition coefficient (Wildman–Crippen LogP) is 6.14. The summed E-state index contributed by atoms with van der Waals surface area (Å²) in [6.45, 7) is 5.63. The number of aromatic nitrogens is 2. The number of hydrogen-bond acceptors (Lipinski definition) is 5. The minimum absolute atomic E-state index is 0.0453. The third kappa shape index (κ3) is 4.60. The fraction of sp³-hybridized carbons (Fsp3) is 0.226. The summed E-state index contributed by atoms with van der Waals surface area (Å²) >= 11 is 6.13. The van der Waals surface area contributed by atoms with Gasteiger partial charge in [-0.2, -0.15) is 5.26 Å². The number of methoxy groups -OCH3 is 1. The van der Waals surface area contributed by atoms with Crippen LogP contribution >= 0.6 is 11.6 Å². The number of amides is 2. The molecule has 2 amide bonds. The van der Waals surface area contributed by atoms with Gasteiger partial charge in [-0.15, -0.1) is 0 Å². The third-order valence-electron chi connectivity index (χ3n) is 7.36. The monoisotopic (exact) mass is 571 g/mol. The molecule has 5 rings (SSSR count). The molecule has 1 aliphatic rings. The Morgan fingerprint density at radius 1 is 1.15 bits per heavy atom. The molecule has 1 aliphatic heterocycles. The van der Waals surface area contributed by atoms with Crippen molar-refractivity contribution in [2.75, 3.05) is 12.0 Å². The number of rotatable bonds is 7. The van der Waals surface area contributed by atoms with Crippen LogP contribution in [0, 0.1) is 17.1 Å². The van der Waals surface area contributed by atoms with Crippen molar-refractivity contribution in [1.29, 1.82) is 5.26 Å². The van der Waals surface area contributed by atoms with Crippen LogP contribution in [0.2, 0.25) is 5.02 Å². The van der Waals surface area contributed by atoms with E-state index in [0.717, 1.165) is 0 Å². The maximum Gasteiger partial charge on any atom is 0.261 e. The Hall–Kier alpha value is -4.68. The fourth-order valence-electron chi connectivity index (χ4n) is 5.30. The van der Waals surface area contributed by atoms with Crippen molar-refractivity contribution in [1.82, 2.24) is 9.55 Å². The minimum atomic E-state index is -0.730. The van der Waals surface area contributed by atoms with Crippen molar-refractivity contribution in [3.63, 3.8) is 0 Å². The van der Waals surface area contributed by atoms with Crippen LogP contribution < -0.4 is 15.4 Å². The van der Waals surface area contributed by atoms with Crippen LogP contribution in [0.3, 0.4) is 0 Å². The lowest BCUT2D eigenvalue weighted by molar-refractivity contribution is -0.119. The standard InChI is InChI=1S/C31H27ClFN5O3/c1-16(2)37-25(20-12-23(17(3)30(35)39)36-15-26(20)41-4)13-21-29(37)28(19-10-8-18(14-34)9-11-19)38(31(21)40)24-7-5-6-22(32)27(24)33/h5-13,15-17,28H,1-4H3,(H2,35,39). The number of nitriles is 1. The fourth-order valence-corrected chi connectivity index (χ4v) is 5.47. The van der Waals surface area contributed by atoms with Gasteiger partial charge in [0.15, 0.2) is 5.82 Å². The lowest BCUT2D eigenvalue weighted by Gasteiger charge is -2.29. The molecule has 2 N–H and O–H groups in total. The number of primary amides is 1. The number of nitrogens with zero attached hydrogens (tertiary/aromatic N) is 4. The van der Waals surface area contributed by atoms with Crippen molar-refractivity contribution in [3.8, 4) is 23.1 Å². The number of hydrogen-bond donors (Lipinski definition) is 1. The highest BCUT2D eigenvalue weighted by Crippen LogP contribution is 2.48. The molecule has 3 heterocycles. The highest BCUT2D eigenvalue weighted by molar-refractivity contribution is 6.31. The van der Waals surface area contributed by atoms with E-state index < -0.39 is 29.6 Å². The molecule has 0 saturated heterocycles. The Morgan fingerprint density at radius 3 is 2.46 bits per heavy atom. The predicted molar refractivity (Wildman–Crippen MR) is 153 cm³/mol. The molecule has 2 aromatic carbocycles. The van der Waals surface area contributed by atoms with E-state index in [1.54, 1.807) is 49.4 Å².